The van der Waals surface area contributed by atoms with Crippen LogP contribution in [0.3, 0.4) is 0 Å². The summed E-state index contributed by atoms with van der Waals surface area (Å²) >= 11 is 5.90. The van der Waals surface area contributed by atoms with Crippen LogP contribution in [0.1, 0.15) is 21.9 Å². The van der Waals surface area contributed by atoms with Gasteiger partial charge < -0.3 is 10.2 Å². The third-order valence-corrected chi connectivity index (χ3v) is 4.03. The summed E-state index contributed by atoms with van der Waals surface area (Å²) in [6.07, 6.45) is 0. The highest BCUT2D eigenvalue weighted by Gasteiger charge is 2.15. The predicted molar refractivity (Wildman–Crippen MR) is 104 cm³/mol. The molecule has 0 aliphatic heterocycles. The van der Waals surface area contributed by atoms with E-state index >= 15 is 0 Å². The quantitative estimate of drug-likeness (QED) is 0.724. The van der Waals surface area contributed by atoms with Gasteiger partial charge >= 0.3 is 0 Å². The molecule has 3 aromatic rings. The van der Waals surface area contributed by atoms with Gasteiger partial charge in [-0.25, -0.2) is 9.97 Å². The van der Waals surface area contributed by atoms with Crippen LogP contribution in [0.4, 0.5) is 11.5 Å². The second-order valence-electron chi connectivity index (χ2n) is 5.96. The van der Waals surface area contributed by atoms with Gasteiger partial charge in [0, 0.05) is 30.4 Å². The molecular weight excluding hydrogens is 348 g/mol. The first-order valence-electron chi connectivity index (χ1n) is 8.19. The number of hydrogen-bond donors (Lipinski definition) is 1. The van der Waals surface area contributed by atoms with Crippen molar-refractivity contribution in [2.75, 3.05) is 12.4 Å². The highest BCUT2D eigenvalue weighted by atomic mass is 35.5. The number of benzene rings is 2. The molecule has 26 heavy (non-hydrogen) atoms. The summed E-state index contributed by atoms with van der Waals surface area (Å²) in [5, 5.41) is 3.84. The third kappa shape index (κ3) is 4.58. The van der Waals surface area contributed by atoms with E-state index in [-0.39, 0.29) is 5.91 Å². The van der Waals surface area contributed by atoms with Gasteiger partial charge in [-0.2, -0.15) is 0 Å². The summed E-state index contributed by atoms with van der Waals surface area (Å²) < 4.78 is 0. The lowest BCUT2D eigenvalue weighted by molar-refractivity contribution is 0.0779. The number of halogens is 1. The number of anilines is 2. The van der Waals surface area contributed by atoms with Gasteiger partial charge in [0.15, 0.2) is 0 Å². The zero-order valence-corrected chi connectivity index (χ0v) is 15.4. The van der Waals surface area contributed by atoms with Crippen LogP contribution in [0.5, 0.6) is 0 Å². The Hall–Kier alpha value is -2.92. The van der Waals surface area contributed by atoms with Gasteiger partial charge in [0.25, 0.3) is 5.91 Å². The minimum absolute atomic E-state index is 0.154. The standard InChI is InChI=1S/C20H19ClN4O/c1-14-22-18(20(26)25(2)13-15-6-4-3-5-7-15)12-19(23-14)24-17-10-8-16(21)9-11-17/h3-12H,13H2,1-2H3,(H,22,23,24). The summed E-state index contributed by atoms with van der Waals surface area (Å²) in [6.45, 7) is 2.28. The van der Waals surface area contributed by atoms with Crippen molar-refractivity contribution in [1.82, 2.24) is 14.9 Å². The maximum Gasteiger partial charge on any atom is 0.272 e. The zero-order chi connectivity index (χ0) is 18.5. The molecule has 5 nitrogen and oxygen atoms in total. The van der Waals surface area contributed by atoms with Crippen molar-refractivity contribution in [1.29, 1.82) is 0 Å². The average Bonchev–Trinajstić information content (AvgIpc) is 2.63. The molecular formula is C20H19ClN4O. The van der Waals surface area contributed by atoms with Crippen LogP contribution in [-0.4, -0.2) is 27.8 Å². The summed E-state index contributed by atoms with van der Waals surface area (Å²) in [5.41, 5.74) is 2.25. The molecule has 2 aromatic carbocycles. The molecule has 0 aliphatic rings. The maximum atomic E-state index is 12.7. The first kappa shape index (κ1) is 17.9. The third-order valence-electron chi connectivity index (χ3n) is 3.78. The van der Waals surface area contributed by atoms with Crippen molar-refractivity contribution in [2.24, 2.45) is 0 Å². The second-order valence-corrected chi connectivity index (χ2v) is 6.40. The second kappa shape index (κ2) is 7.97. The lowest BCUT2D eigenvalue weighted by atomic mass is 10.2. The number of rotatable bonds is 5. The molecule has 0 saturated carbocycles. The molecule has 0 unspecified atom stereocenters. The van der Waals surface area contributed by atoms with Gasteiger partial charge in [-0.15, -0.1) is 0 Å². The van der Waals surface area contributed by atoms with E-state index in [1.807, 2.05) is 42.5 Å². The van der Waals surface area contributed by atoms with Crippen LogP contribution in [0, 0.1) is 6.92 Å². The van der Waals surface area contributed by atoms with Crippen molar-refractivity contribution in [3.8, 4) is 0 Å². The van der Waals surface area contributed by atoms with Crippen molar-refractivity contribution in [2.45, 2.75) is 13.5 Å². The smallest absolute Gasteiger partial charge is 0.272 e. The average molecular weight is 367 g/mol. The molecule has 0 atom stereocenters. The monoisotopic (exact) mass is 366 g/mol. The maximum absolute atomic E-state index is 12.7. The molecule has 3 rings (SSSR count). The Morgan fingerprint density at radius 3 is 2.46 bits per heavy atom. The lowest BCUT2D eigenvalue weighted by Crippen LogP contribution is -2.27. The Morgan fingerprint density at radius 2 is 1.77 bits per heavy atom. The van der Waals surface area contributed by atoms with E-state index in [9.17, 15) is 4.79 Å². The molecule has 1 N–H and O–H groups in total. The van der Waals surface area contributed by atoms with Gasteiger partial charge in [-0.3, -0.25) is 4.79 Å². The summed E-state index contributed by atoms with van der Waals surface area (Å²) in [6, 6.07) is 18.8. The van der Waals surface area contributed by atoms with Gasteiger partial charge in [-0.05, 0) is 36.8 Å². The van der Waals surface area contributed by atoms with Crippen LogP contribution in [0.25, 0.3) is 0 Å². The molecule has 0 fully saturated rings. The van der Waals surface area contributed by atoms with E-state index in [4.69, 9.17) is 11.6 Å². The normalized spacial score (nSPS) is 10.4. The number of aryl methyl sites for hydroxylation is 1. The van der Waals surface area contributed by atoms with E-state index in [0.717, 1.165) is 11.3 Å². The number of nitrogens with one attached hydrogen (secondary N) is 1. The minimum Gasteiger partial charge on any atom is -0.340 e. The van der Waals surface area contributed by atoms with Crippen LogP contribution in [-0.2, 0) is 6.54 Å². The fourth-order valence-electron chi connectivity index (χ4n) is 2.55. The van der Waals surface area contributed by atoms with Crippen LogP contribution < -0.4 is 5.32 Å². The predicted octanol–water partition coefficient (Wildman–Crippen LogP) is 4.45. The fourth-order valence-corrected chi connectivity index (χ4v) is 2.67. The Balaban J connectivity index is 1.77. The lowest BCUT2D eigenvalue weighted by Gasteiger charge is -2.17. The molecule has 0 spiro atoms. The molecule has 132 valence electrons. The van der Waals surface area contributed by atoms with Crippen molar-refractivity contribution in [3.05, 3.63) is 82.8 Å². The highest BCUT2D eigenvalue weighted by Crippen LogP contribution is 2.19. The number of hydrogen-bond acceptors (Lipinski definition) is 4. The number of aromatic nitrogens is 2. The topological polar surface area (TPSA) is 58.1 Å². The molecule has 6 heteroatoms. The Kier molecular flexibility index (Phi) is 5.49. The molecule has 1 amide bonds. The van der Waals surface area contributed by atoms with Crippen LogP contribution >= 0.6 is 11.6 Å². The van der Waals surface area contributed by atoms with Gasteiger partial charge in [0.05, 0.1) is 0 Å². The summed E-state index contributed by atoms with van der Waals surface area (Å²) in [5.74, 6) is 0.940. The van der Waals surface area contributed by atoms with E-state index in [0.29, 0.717) is 28.9 Å². The first-order chi connectivity index (χ1) is 12.5. The number of nitrogens with zero attached hydrogens (tertiary/aromatic N) is 3. The summed E-state index contributed by atoms with van der Waals surface area (Å²) in [7, 11) is 1.76. The molecule has 0 saturated heterocycles. The SMILES string of the molecule is Cc1nc(Nc2ccc(Cl)cc2)cc(C(=O)N(C)Cc2ccccc2)n1. The van der Waals surface area contributed by atoms with Crippen LogP contribution in [0.15, 0.2) is 60.7 Å². The summed E-state index contributed by atoms with van der Waals surface area (Å²) in [4.78, 5) is 23.0. The van der Waals surface area contributed by atoms with Gasteiger partial charge in [-0.1, -0.05) is 41.9 Å². The van der Waals surface area contributed by atoms with Crippen molar-refractivity contribution in [3.63, 3.8) is 0 Å². The number of carbonyl (C=O) groups is 1. The number of carbonyl (C=O) groups excluding carboxylic acids is 1. The number of amides is 1. The van der Waals surface area contributed by atoms with Crippen molar-refractivity contribution >= 4 is 29.0 Å². The Labute approximate surface area is 157 Å². The largest absolute Gasteiger partial charge is 0.340 e. The van der Waals surface area contributed by atoms with Crippen LogP contribution in [0.2, 0.25) is 5.02 Å². The van der Waals surface area contributed by atoms with E-state index in [1.165, 1.54) is 0 Å². The minimum atomic E-state index is -0.154. The Morgan fingerprint density at radius 1 is 1.08 bits per heavy atom. The molecule has 0 radical (unpaired) electrons. The zero-order valence-electron chi connectivity index (χ0n) is 14.6. The molecule has 1 heterocycles. The van der Waals surface area contributed by atoms with Crippen molar-refractivity contribution < 1.29 is 4.79 Å². The Bertz CT molecular complexity index is 897. The van der Waals surface area contributed by atoms with Gasteiger partial charge in [0.2, 0.25) is 0 Å². The van der Waals surface area contributed by atoms with E-state index < -0.39 is 0 Å². The highest BCUT2D eigenvalue weighted by molar-refractivity contribution is 6.30. The molecule has 1 aromatic heterocycles. The first-order valence-corrected chi connectivity index (χ1v) is 8.57. The molecule has 0 bridgehead atoms. The van der Waals surface area contributed by atoms with Gasteiger partial charge in [0.1, 0.15) is 17.3 Å². The molecule has 0 aliphatic carbocycles. The fraction of sp³-hybridized carbons (Fsp3) is 0.150. The van der Waals surface area contributed by atoms with E-state index in [2.05, 4.69) is 15.3 Å². The van der Waals surface area contributed by atoms with E-state index in [1.54, 1.807) is 37.1 Å².